The van der Waals surface area contributed by atoms with E-state index in [2.05, 4.69) is 22.1 Å². The highest BCUT2D eigenvalue weighted by Gasteiger charge is 2.19. The lowest BCUT2D eigenvalue weighted by Crippen LogP contribution is -2.27. The maximum Gasteiger partial charge on any atom is 0.230 e. The van der Waals surface area contributed by atoms with Crippen LogP contribution in [0.15, 0.2) is 72.4 Å². The van der Waals surface area contributed by atoms with Crippen LogP contribution in [0, 0.1) is 5.82 Å². The van der Waals surface area contributed by atoms with Crippen LogP contribution < -0.4 is 10.1 Å². The van der Waals surface area contributed by atoms with Crippen LogP contribution >= 0.6 is 11.8 Å². The number of nitrogens with one attached hydrogen (secondary N) is 1. The molecule has 1 aromatic heterocycles. The lowest BCUT2D eigenvalue weighted by molar-refractivity contribution is -0.118. The fourth-order valence-electron chi connectivity index (χ4n) is 2.95. The molecule has 0 saturated carbocycles. The van der Waals surface area contributed by atoms with Crippen molar-refractivity contribution in [3.8, 4) is 5.75 Å². The maximum atomic E-state index is 13.1. The van der Waals surface area contributed by atoms with Crippen LogP contribution in [0.3, 0.4) is 0 Å². The molecule has 1 atom stereocenters. The molecule has 0 spiro atoms. The number of carbonyl (C=O) groups is 1. The number of halogens is 1. The van der Waals surface area contributed by atoms with Crippen molar-refractivity contribution in [2.24, 2.45) is 0 Å². The summed E-state index contributed by atoms with van der Waals surface area (Å²) in [4.78, 5) is 12.2. The minimum atomic E-state index is -0.410. The van der Waals surface area contributed by atoms with Crippen LogP contribution in [0.2, 0.25) is 0 Å². The fourth-order valence-corrected chi connectivity index (χ4v) is 3.74. The van der Waals surface area contributed by atoms with Gasteiger partial charge in [0.25, 0.3) is 0 Å². The number of ether oxygens (including phenoxy) is 1. The Hall–Kier alpha value is -3.13. The van der Waals surface area contributed by atoms with Gasteiger partial charge < -0.3 is 10.1 Å². The summed E-state index contributed by atoms with van der Waals surface area (Å²) < 4.78 is 20.8. The van der Waals surface area contributed by atoms with Crippen molar-refractivity contribution in [3.63, 3.8) is 0 Å². The summed E-state index contributed by atoms with van der Waals surface area (Å²) in [6, 6.07) is 15.8. The second-order valence-electron chi connectivity index (χ2n) is 6.83. The summed E-state index contributed by atoms with van der Waals surface area (Å²) in [5, 5.41) is 12.0. The topological polar surface area (TPSA) is 69.0 Å². The molecule has 1 N–H and O–H groups in total. The highest BCUT2D eigenvalue weighted by atomic mass is 32.2. The highest BCUT2D eigenvalue weighted by molar-refractivity contribution is 7.99. The van der Waals surface area contributed by atoms with Crippen molar-refractivity contribution in [1.82, 2.24) is 20.1 Å². The summed E-state index contributed by atoms with van der Waals surface area (Å²) in [7, 11) is 0. The third-order valence-electron chi connectivity index (χ3n) is 4.46. The smallest absolute Gasteiger partial charge is 0.230 e. The van der Waals surface area contributed by atoms with Gasteiger partial charge in [0.05, 0.1) is 5.75 Å². The summed E-state index contributed by atoms with van der Waals surface area (Å²) in [5.41, 5.74) is 1.18. The lowest BCUT2D eigenvalue weighted by atomic mass is 10.1. The molecule has 8 heteroatoms. The summed E-state index contributed by atoms with van der Waals surface area (Å²) >= 11 is 1.31. The normalized spacial score (nSPS) is 11.7. The molecule has 0 bridgehead atoms. The van der Waals surface area contributed by atoms with Crippen molar-refractivity contribution < 1.29 is 13.9 Å². The Kier molecular flexibility index (Phi) is 8.23. The van der Waals surface area contributed by atoms with Gasteiger partial charge in [0.15, 0.2) is 17.1 Å². The van der Waals surface area contributed by atoms with Crippen molar-refractivity contribution >= 4 is 17.7 Å². The largest absolute Gasteiger partial charge is 0.483 e. The van der Waals surface area contributed by atoms with Gasteiger partial charge in [0.1, 0.15) is 11.6 Å². The average Bonchev–Trinajstić information content (AvgIpc) is 3.17. The number of allylic oxidation sites excluding steroid dienone is 1. The van der Waals surface area contributed by atoms with Crippen LogP contribution in [0.5, 0.6) is 5.75 Å². The average molecular weight is 441 g/mol. The van der Waals surface area contributed by atoms with E-state index >= 15 is 0 Å². The van der Waals surface area contributed by atoms with Gasteiger partial charge in [-0.1, -0.05) is 48.2 Å². The van der Waals surface area contributed by atoms with Gasteiger partial charge >= 0.3 is 0 Å². The molecule has 0 aliphatic rings. The molecular weight excluding hydrogens is 415 g/mol. The van der Waals surface area contributed by atoms with Crippen molar-refractivity contribution in [3.05, 3.63) is 84.5 Å². The summed E-state index contributed by atoms with van der Waals surface area (Å²) in [6.45, 7) is 6.70. The molecule has 3 aromatic rings. The number of carbonyl (C=O) groups excluding carboxylic acids is 1. The highest BCUT2D eigenvalue weighted by Crippen LogP contribution is 2.24. The van der Waals surface area contributed by atoms with Crippen LogP contribution in [0.1, 0.15) is 24.4 Å². The Morgan fingerprint density at radius 1 is 1.23 bits per heavy atom. The molecule has 2 aromatic carbocycles. The van der Waals surface area contributed by atoms with Crippen molar-refractivity contribution in [2.75, 3.05) is 12.3 Å². The molecule has 162 valence electrons. The lowest BCUT2D eigenvalue weighted by Gasteiger charge is -2.15. The van der Waals surface area contributed by atoms with E-state index < -0.39 is 6.10 Å². The fraction of sp³-hybridized carbons (Fsp3) is 0.261. The standard InChI is InChI=1S/C23H25FN4O2S/c1-3-15-28-22(17(2)30-20-11-9-19(24)10-12-20)26-27-23(28)31-16-21(29)25-14-13-18-7-5-4-6-8-18/h3-12,17H,1,13-16H2,2H3,(H,25,29). The Balaban J connectivity index is 1.55. The first-order chi connectivity index (χ1) is 15.1. The zero-order chi connectivity index (χ0) is 22.1. The molecule has 1 unspecified atom stereocenters. The van der Waals surface area contributed by atoms with Crippen LogP contribution in [-0.4, -0.2) is 33.0 Å². The minimum absolute atomic E-state index is 0.0637. The van der Waals surface area contributed by atoms with Gasteiger partial charge in [-0.2, -0.15) is 0 Å². The van der Waals surface area contributed by atoms with E-state index in [1.807, 2.05) is 41.8 Å². The van der Waals surface area contributed by atoms with Gasteiger partial charge in [0, 0.05) is 13.1 Å². The molecule has 1 heterocycles. The Bertz CT molecular complexity index is 993. The van der Waals surface area contributed by atoms with Crippen LogP contribution in [-0.2, 0) is 17.8 Å². The number of hydrogen-bond donors (Lipinski definition) is 1. The Morgan fingerprint density at radius 3 is 2.68 bits per heavy atom. The van der Waals surface area contributed by atoms with Gasteiger partial charge in [0.2, 0.25) is 5.91 Å². The van der Waals surface area contributed by atoms with E-state index in [-0.39, 0.29) is 17.5 Å². The molecule has 0 fully saturated rings. The summed E-state index contributed by atoms with van der Waals surface area (Å²) in [6.07, 6.45) is 2.11. The summed E-state index contributed by atoms with van der Waals surface area (Å²) in [5.74, 6) is 0.990. The zero-order valence-corrected chi connectivity index (χ0v) is 18.1. The SMILES string of the molecule is C=CCn1c(SCC(=O)NCCc2ccccc2)nnc1C(C)Oc1ccc(F)cc1. The quantitative estimate of drug-likeness (QED) is 0.358. The molecule has 0 saturated heterocycles. The predicted molar refractivity (Wildman–Crippen MR) is 120 cm³/mol. The molecule has 0 radical (unpaired) electrons. The molecule has 1 amide bonds. The first kappa shape index (κ1) is 22.6. The van der Waals surface area contributed by atoms with Crippen LogP contribution in [0.25, 0.3) is 0 Å². The molecule has 0 aliphatic carbocycles. The van der Waals surface area contributed by atoms with E-state index in [1.165, 1.54) is 29.5 Å². The van der Waals surface area contributed by atoms with Gasteiger partial charge in [-0.25, -0.2) is 4.39 Å². The monoisotopic (exact) mass is 440 g/mol. The van der Waals surface area contributed by atoms with Crippen molar-refractivity contribution in [2.45, 2.75) is 31.1 Å². The molecule has 31 heavy (non-hydrogen) atoms. The third kappa shape index (κ3) is 6.68. The molecule has 3 rings (SSSR count). The van der Waals surface area contributed by atoms with E-state index in [9.17, 15) is 9.18 Å². The Labute approximate surface area is 185 Å². The zero-order valence-electron chi connectivity index (χ0n) is 17.3. The van der Waals surface area contributed by atoms with Gasteiger partial charge in [-0.3, -0.25) is 9.36 Å². The second-order valence-corrected chi connectivity index (χ2v) is 7.77. The van der Waals surface area contributed by atoms with Crippen molar-refractivity contribution in [1.29, 1.82) is 0 Å². The number of rotatable bonds is 11. The third-order valence-corrected chi connectivity index (χ3v) is 5.43. The van der Waals surface area contributed by atoms with E-state index in [4.69, 9.17) is 4.74 Å². The number of thioether (sulfide) groups is 1. The Morgan fingerprint density at radius 2 is 1.97 bits per heavy atom. The number of nitrogens with zero attached hydrogens (tertiary/aromatic N) is 3. The number of amides is 1. The van der Waals surface area contributed by atoms with E-state index in [0.29, 0.717) is 29.8 Å². The van der Waals surface area contributed by atoms with Gasteiger partial charge in [-0.05, 0) is 43.2 Å². The first-order valence-electron chi connectivity index (χ1n) is 9.96. The molecule has 6 nitrogen and oxygen atoms in total. The predicted octanol–water partition coefficient (Wildman–Crippen LogP) is 4.19. The van der Waals surface area contributed by atoms with Crippen LogP contribution in [0.4, 0.5) is 4.39 Å². The number of hydrogen-bond acceptors (Lipinski definition) is 5. The van der Waals surface area contributed by atoms with E-state index in [1.54, 1.807) is 18.2 Å². The van der Waals surface area contributed by atoms with Gasteiger partial charge in [-0.15, -0.1) is 16.8 Å². The maximum absolute atomic E-state index is 13.1. The number of benzene rings is 2. The molecule has 0 aliphatic heterocycles. The first-order valence-corrected chi connectivity index (χ1v) is 10.9. The van der Waals surface area contributed by atoms with E-state index in [0.717, 1.165) is 6.42 Å². The minimum Gasteiger partial charge on any atom is -0.483 e. The second kappa shape index (κ2) is 11.3. The molecular formula is C23H25FN4O2S. The number of aromatic nitrogens is 3.